The molecule has 2 aromatic rings. The van der Waals surface area contributed by atoms with Crippen LogP contribution >= 0.6 is 0 Å². The number of fused-ring (bicyclic) bond motifs is 1. The minimum atomic E-state index is 0.532. The van der Waals surface area contributed by atoms with Crippen molar-refractivity contribution in [2.75, 3.05) is 44.7 Å². The van der Waals surface area contributed by atoms with Gasteiger partial charge in [0.05, 0.1) is 0 Å². The summed E-state index contributed by atoms with van der Waals surface area (Å²) in [5.41, 5.74) is 4.28. The van der Waals surface area contributed by atoms with Gasteiger partial charge >= 0.3 is 0 Å². The molecule has 0 radical (unpaired) electrons. The highest BCUT2D eigenvalue weighted by Crippen LogP contribution is 2.45. The van der Waals surface area contributed by atoms with Crippen LogP contribution in [0.3, 0.4) is 0 Å². The van der Waals surface area contributed by atoms with Gasteiger partial charge < -0.3 is 4.90 Å². The molecule has 0 unspecified atom stereocenters. The van der Waals surface area contributed by atoms with E-state index < -0.39 is 0 Å². The van der Waals surface area contributed by atoms with Crippen molar-refractivity contribution < 1.29 is 0 Å². The average molecular weight is 391 g/mol. The molecule has 0 saturated carbocycles. The normalized spacial score (nSPS) is 28.1. The van der Waals surface area contributed by atoms with E-state index in [-0.39, 0.29) is 0 Å². The summed E-state index contributed by atoms with van der Waals surface area (Å²) in [6, 6.07) is 14.0. The van der Waals surface area contributed by atoms with Crippen LogP contribution in [0.15, 0.2) is 42.6 Å². The molecule has 29 heavy (non-hydrogen) atoms. The standard InChI is InChI=1S/C25H34N4/c1-19-8-4-5-9-22(19)25-23-18-29(17-21(23)16-27(25)2)24-11-10-20(14-26-24)15-28-12-6-3-7-13-28/h4-5,8-11,14,21,23,25H,3,6-7,12-13,15-18H2,1-2H3/t21-,23+,25-/m0/s1. The summed E-state index contributed by atoms with van der Waals surface area (Å²) in [5.74, 6) is 2.59. The molecule has 4 nitrogen and oxygen atoms in total. The van der Waals surface area contributed by atoms with Gasteiger partial charge in [-0.3, -0.25) is 9.80 Å². The summed E-state index contributed by atoms with van der Waals surface area (Å²) >= 11 is 0. The van der Waals surface area contributed by atoms with Crippen molar-refractivity contribution in [2.45, 2.75) is 38.8 Å². The second kappa shape index (κ2) is 8.08. The van der Waals surface area contributed by atoms with E-state index in [2.05, 4.69) is 71.3 Å². The molecule has 4 heteroatoms. The van der Waals surface area contributed by atoms with Crippen LogP contribution in [0.25, 0.3) is 0 Å². The molecule has 1 aromatic carbocycles. The SMILES string of the molecule is Cc1ccccc1[C@H]1[C@@H]2CN(c3ccc(CN4CCCCC4)cn3)C[C@@H]2CN1C. The number of likely N-dealkylation sites (tertiary alicyclic amines) is 2. The van der Waals surface area contributed by atoms with E-state index in [4.69, 9.17) is 4.98 Å². The molecule has 5 rings (SSSR count). The molecule has 3 aliphatic rings. The van der Waals surface area contributed by atoms with E-state index in [1.54, 1.807) is 0 Å². The van der Waals surface area contributed by atoms with E-state index in [1.165, 1.54) is 55.6 Å². The maximum absolute atomic E-state index is 4.87. The molecule has 0 amide bonds. The number of hydrogen-bond donors (Lipinski definition) is 0. The van der Waals surface area contributed by atoms with Gasteiger partial charge in [0.15, 0.2) is 0 Å². The number of aromatic nitrogens is 1. The van der Waals surface area contributed by atoms with Gasteiger partial charge in [0.2, 0.25) is 0 Å². The highest BCUT2D eigenvalue weighted by Gasteiger charge is 2.46. The summed E-state index contributed by atoms with van der Waals surface area (Å²) in [6.07, 6.45) is 6.20. The molecule has 3 saturated heterocycles. The lowest BCUT2D eigenvalue weighted by Crippen LogP contribution is -2.30. The van der Waals surface area contributed by atoms with Crippen LogP contribution in [-0.4, -0.2) is 54.6 Å². The monoisotopic (exact) mass is 390 g/mol. The number of nitrogens with zero attached hydrogens (tertiary/aromatic N) is 4. The lowest BCUT2D eigenvalue weighted by Gasteiger charge is -2.28. The van der Waals surface area contributed by atoms with E-state index in [0.717, 1.165) is 31.4 Å². The van der Waals surface area contributed by atoms with Crippen LogP contribution < -0.4 is 4.90 Å². The molecule has 0 spiro atoms. The van der Waals surface area contributed by atoms with Crippen molar-refractivity contribution >= 4 is 5.82 Å². The molecule has 4 heterocycles. The first-order valence-corrected chi connectivity index (χ1v) is 11.4. The maximum Gasteiger partial charge on any atom is 0.128 e. The Labute approximate surface area is 175 Å². The molecular weight excluding hydrogens is 356 g/mol. The van der Waals surface area contributed by atoms with E-state index in [1.807, 2.05) is 0 Å². The maximum atomic E-state index is 4.87. The van der Waals surface area contributed by atoms with Crippen LogP contribution in [0.2, 0.25) is 0 Å². The van der Waals surface area contributed by atoms with Gasteiger partial charge in [0.1, 0.15) is 5.82 Å². The van der Waals surface area contributed by atoms with Gasteiger partial charge in [-0.1, -0.05) is 36.8 Å². The molecule has 1 aromatic heterocycles. The average Bonchev–Trinajstić information content (AvgIpc) is 3.27. The predicted octanol–water partition coefficient (Wildman–Crippen LogP) is 4.12. The van der Waals surface area contributed by atoms with Crippen LogP contribution in [0.4, 0.5) is 5.82 Å². The van der Waals surface area contributed by atoms with E-state index in [0.29, 0.717) is 12.0 Å². The summed E-state index contributed by atoms with van der Waals surface area (Å²) in [5, 5.41) is 0. The van der Waals surface area contributed by atoms with E-state index in [9.17, 15) is 0 Å². The van der Waals surface area contributed by atoms with Gasteiger partial charge in [0.25, 0.3) is 0 Å². The Morgan fingerprint density at radius 3 is 2.55 bits per heavy atom. The largest absolute Gasteiger partial charge is 0.356 e. The topological polar surface area (TPSA) is 22.6 Å². The molecule has 3 atom stereocenters. The third kappa shape index (κ3) is 3.80. The Morgan fingerprint density at radius 2 is 1.79 bits per heavy atom. The van der Waals surface area contributed by atoms with Gasteiger partial charge in [-0.05, 0) is 68.6 Å². The highest BCUT2D eigenvalue weighted by atomic mass is 15.3. The number of piperidine rings is 1. The number of aryl methyl sites for hydroxylation is 1. The van der Waals surface area contributed by atoms with Crippen molar-refractivity contribution in [3.8, 4) is 0 Å². The minimum absolute atomic E-state index is 0.532. The van der Waals surface area contributed by atoms with E-state index >= 15 is 0 Å². The third-order valence-corrected chi connectivity index (χ3v) is 7.39. The number of benzene rings is 1. The second-order valence-electron chi connectivity index (χ2n) is 9.43. The van der Waals surface area contributed by atoms with Gasteiger partial charge in [0, 0.05) is 44.3 Å². The summed E-state index contributed by atoms with van der Waals surface area (Å²) < 4.78 is 0. The zero-order valence-corrected chi connectivity index (χ0v) is 17.9. The van der Waals surface area contributed by atoms with Gasteiger partial charge in [-0.2, -0.15) is 0 Å². The lowest BCUT2D eigenvalue weighted by molar-refractivity contribution is 0.220. The van der Waals surface area contributed by atoms with Crippen molar-refractivity contribution in [2.24, 2.45) is 11.8 Å². The predicted molar refractivity (Wildman–Crippen MR) is 119 cm³/mol. The van der Waals surface area contributed by atoms with Crippen molar-refractivity contribution in [1.29, 1.82) is 0 Å². The second-order valence-corrected chi connectivity index (χ2v) is 9.43. The van der Waals surface area contributed by atoms with Gasteiger partial charge in [-0.25, -0.2) is 4.98 Å². The Hall–Kier alpha value is -1.91. The third-order valence-electron chi connectivity index (χ3n) is 7.39. The molecule has 0 N–H and O–H groups in total. The zero-order valence-electron chi connectivity index (χ0n) is 17.9. The first kappa shape index (κ1) is 19.1. The van der Waals surface area contributed by atoms with Crippen LogP contribution in [-0.2, 0) is 6.54 Å². The smallest absolute Gasteiger partial charge is 0.128 e. The number of pyridine rings is 1. The fourth-order valence-corrected chi connectivity index (χ4v) is 5.90. The fourth-order valence-electron chi connectivity index (χ4n) is 5.90. The minimum Gasteiger partial charge on any atom is -0.356 e. The summed E-state index contributed by atoms with van der Waals surface area (Å²) in [7, 11) is 2.30. The molecule has 3 fully saturated rings. The first-order valence-electron chi connectivity index (χ1n) is 11.4. The molecule has 154 valence electrons. The van der Waals surface area contributed by atoms with Crippen LogP contribution in [0.1, 0.15) is 42.0 Å². The zero-order chi connectivity index (χ0) is 19.8. The fraction of sp³-hybridized carbons (Fsp3) is 0.560. The number of hydrogen-bond acceptors (Lipinski definition) is 4. The number of rotatable bonds is 4. The Morgan fingerprint density at radius 1 is 0.966 bits per heavy atom. The van der Waals surface area contributed by atoms with Crippen molar-refractivity contribution in [3.05, 3.63) is 59.3 Å². The molecule has 3 aliphatic heterocycles. The Kier molecular flexibility index (Phi) is 5.31. The molecule has 0 aliphatic carbocycles. The van der Waals surface area contributed by atoms with Crippen molar-refractivity contribution in [3.63, 3.8) is 0 Å². The summed E-state index contributed by atoms with van der Waals surface area (Å²) in [6.45, 7) is 9.23. The Bertz CT molecular complexity index is 827. The molecular formula is C25H34N4. The first-order chi connectivity index (χ1) is 14.2. The molecule has 0 bridgehead atoms. The quantitative estimate of drug-likeness (QED) is 0.783. The lowest BCUT2D eigenvalue weighted by atomic mass is 9.88. The van der Waals surface area contributed by atoms with Crippen LogP contribution in [0, 0.1) is 18.8 Å². The van der Waals surface area contributed by atoms with Crippen molar-refractivity contribution in [1.82, 2.24) is 14.8 Å². The highest BCUT2D eigenvalue weighted by molar-refractivity contribution is 5.42. The Balaban J connectivity index is 1.27. The number of anilines is 1. The van der Waals surface area contributed by atoms with Crippen LogP contribution in [0.5, 0.6) is 0 Å². The summed E-state index contributed by atoms with van der Waals surface area (Å²) in [4.78, 5) is 12.5. The van der Waals surface area contributed by atoms with Gasteiger partial charge in [-0.15, -0.1) is 0 Å².